The summed E-state index contributed by atoms with van der Waals surface area (Å²) in [5, 5.41) is 0.489. The summed E-state index contributed by atoms with van der Waals surface area (Å²) < 4.78 is 12.5. The van der Waals surface area contributed by atoms with Crippen LogP contribution in [-0.2, 0) is 33.3 Å². The molecule has 1 atom stereocenters. The van der Waals surface area contributed by atoms with Crippen LogP contribution in [0.15, 0.2) is 70.8 Å². The van der Waals surface area contributed by atoms with Crippen LogP contribution in [-0.4, -0.2) is 23.1 Å². The van der Waals surface area contributed by atoms with Crippen LogP contribution in [0.2, 0.25) is 5.02 Å². The SMILES string of the molecule is CCOC(=O)C1=C(N)Oc2cc(C)n(C)c(=O)c2C12C(=O)N(Cc1ccccc1Cl)c1ccccc12. The molecule has 0 saturated heterocycles. The largest absolute Gasteiger partial charge is 0.462 e. The van der Waals surface area contributed by atoms with Gasteiger partial charge < -0.3 is 24.7 Å². The molecule has 1 unspecified atom stereocenters. The smallest absolute Gasteiger partial charge is 0.341 e. The number of nitrogens with two attached hydrogens (primary N) is 1. The van der Waals surface area contributed by atoms with Gasteiger partial charge in [-0.05, 0) is 31.5 Å². The number of halogens is 1. The minimum Gasteiger partial charge on any atom is -0.462 e. The van der Waals surface area contributed by atoms with Crippen molar-refractivity contribution in [3.63, 3.8) is 0 Å². The topological polar surface area (TPSA) is 104 Å². The lowest BCUT2D eigenvalue weighted by Gasteiger charge is -2.35. The highest BCUT2D eigenvalue weighted by Gasteiger charge is 2.62. The minimum atomic E-state index is -1.86. The summed E-state index contributed by atoms with van der Waals surface area (Å²) in [6.45, 7) is 3.56. The number of rotatable bonds is 4. The molecule has 1 amide bonds. The third-order valence-corrected chi connectivity index (χ3v) is 7.15. The number of fused-ring (bicyclic) bond motifs is 4. The zero-order chi connectivity index (χ0) is 25.8. The molecule has 2 N–H and O–H groups in total. The number of carbonyl (C=O) groups excluding carboxylic acids is 2. The van der Waals surface area contributed by atoms with Crippen LogP contribution >= 0.6 is 11.6 Å². The number of hydrogen-bond acceptors (Lipinski definition) is 6. The average molecular weight is 506 g/mol. The Labute approximate surface area is 212 Å². The molecular formula is C27H24ClN3O5. The van der Waals surface area contributed by atoms with E-state index in [9.17, 15) is 14.4 Å². The molecule has 0 fully saturated rings. The van der Waals surface area contributed by atoms with Crippen molar-refractivity contribution in [3.05, 3.63) is 104 Å². The molecule has 8 nitrogen and oxygen atoms in total. The molecule has 0 radical (unpaired) electrons. The Hall–Kier alpha value is -4.04. The van der Waals surface area contributed by atoms with Crippen molar-refractivity contribution in [1.82, 2.24) is 4.57 Å². The van der Waals surface area contributed by atoms with Crippen molar-refractivity contribution in [3.8, 4) is 5.75 Å². The molecule has 36 heavy (non-hydrogen) atoms. The van der Waals surface area contributed by atoms with Crippen LogP contribution in [0.3, 0.4) is 0 Å². The Balaban J connectivity index is 1.86. The van der Waals surface area contributed by atoms with Crippen molar-refractivity contribution in [2.24, 2.45) is 12.8 Å². The molecule has 3 aromatic rings. The zero-order valence-electron chi connectivity index (χ0n) is 20.0. The number of benzene rings is 2. The summed E-state index contributed by atoms with van der Waals surface area (Å²) in [6.07, 6.45) is 0. The van der Waals surface area contributed by atoms with Gasteiger partial charge >= 0.3 is 5.97 Å². The maximum atomic E-state index is 14.6. The zero-order valence-corrected chi connectivity index (χ0v) is 20.8. The molecule has 9 heteroatoms. The number of anilines is 1. The molecule has 2 aromatic carbocycles. The molecule has 3 heterocycles. The normalized spacial score (nSPS) is 18.2. The third kappa shape index (κ3) is 3.18. The molecular weight excluding hydrogens is 482 g/mol. The van der Waals surface area contributed by atoms with E-state index in [2.05, 4.69) is 0 Å². The Bertz CT molecular complexity index is 1530. The van der Waals surface area contributed by atoms with Gasteiger partial charge in [0.1, 0.15) is 16.7 Å². The average Bonchev–Trinajstić information content (AvgIpc) is 3.07. The summed E-state index contributed by atoms with van der Waals surface area (Å²) in [5.41, 5.74) is 6.09. The number of ether oxygens (including phenoxy) is 2. The van der Waals surface area contributed by atoms with E-state index >= 15 is 0 Å². The van der Waals surface area contributed by atoms with Crippen LogP contribution in [0.1, 0.15) is 29.3 Å². The molecule has 0 aliphatic carbocycles. The first-order chi connectivity index (χ1) is 17.2. The molecule has 5 rings (SSSR count). The van der Waals surface area contributed by atoms with E-state index in [1.165, 1.54) is 9.47 Å². The van der Waals surface area contributed by atoms with Crippen molar-refractivity contribution in [2.75, 3.05) is 11.5 Å². The second-order valence-electron chi connectivity index (χ2n) is 8.70. The molecule has 2 aliphatic rings. The van der Waals surface area contributed by atoms with Gasteiger partial charge in [-0.1, -0.05) is 48.0 Å². The van der Waals surface area contributed by atoms with Crippen LogP contribution in [0.4, 0.5) is 5.69 Å². The number of para-hydroxylation sites is 1. The highest BCUT2D eigenvalue weighted by atomic mass is 35.5. The summed E-state index contributed by atoms with van der Waals surface area (Å²) in [5.74, 6) is -1.49. The van der Waals surface area contributed by atoms with Crippen molar-refractivity contribution in [1.29, 1.82) is 0 Å². The van der Waals surface area contributed by atoms with E-state index in [1.807, 2.05) is 12.1 Å². The van der Waals surface area contributed by atoms with Gasteiger partial charge in [0.05, 0.1) is 18.7 Å². The Morgan fingerprint density at radius 3 is 2.56 bits per heavy atom. The Morgan fingerprint density at radius 1 is 1.14 bits per heavy atom. The first kappa shape index (κ1) is 23.7. The summed E-state index contributed by atoms with van der Waals surface area (Å²) in [6, 6.07) is 15.9. The van der Waals surface area contributed by atoms with Gasteiger partial charge in [-0.2, -0.15) is 0 Å². The fraction of sp³-hybridized carbons (Fsp3) is 0.222. The van der Waals surface area contributed by atoms with Crippen LogP contribution in [0.25, 0.3) is 0 Å². The maximum Gasteiger partial charge on any atom is 0.341 e. The van der Waals surface area contributed by atoms with E-state index in [0.717, 1.165) is 0 Å². The van der Waals surface area contributed by atoms with Crippen LogP contribution in [0.5, 0.6) is 5.75 Å². The molecule has 0 saturated carbocycles. The Morgan fingerprint density at radius 2 is 1.83 bits per heavy atom. The van der Waals surface area contributed by atoms with E-state index in [-0.39, 0.29) is 35.9 Å². The van der Waals surface area contributed by atoms with Gasteiger partial charge in [0, 0.05) is 35.1 Å². The molecule has 0 bridgehead atoms. The lowest BCUT2D eigenvalue weighted by Crippen LogP contribution is -2.51. The number of amides is 1. The predicted molar refractivity (Wildman–Crippen MR) is 135 cm³/mol. The van der Waals surface area contributed by atoms with Crippen LogP contribution in [0, 0.1) is 6.92 Å². The van der Waals surface area contributed by atoms with Gasteiger partial charge in [0.25, 0.3) is 5.56 Å². The van der Waals surface area contributed by atoms with Gasteiger partial charge in [-0.25, -0.2) is 4.79 Å². The fourth-order valence-electron chi connectivity index (χ4n) is 5.04. The fourth-order valence-corrected chi connectivity index (χ4v) is 5.24. The number of esters is 1. The summed E-state index contributed by atoms with van der Waals surface area (Å²) >= 11 is 6.43. The van der Waals surface area contributed by atoms with Gasteiger partial charge in [-0.15, -0.1) is 0 Å². The number of aryl methyl sites for hydroxylation is 1. The number of aromatic nitrogens is 1. The summed E-state index contributed by atoms with van der Waals surface area (Å²) in [7, 11) is 1.60. The van der Waals surface area contributed by atoms with E-state index in [4.69, 9.17) is 26.8 Å². The lowest BCUT2D eigenvalue weighted by molar-refractivity contribution is -0.140. The van der Waals surface area contributed by atoms with E-state index in [1.54, 1.807) is 63.4 Å². The highest BCUT2D eigenvalue weighted by Crippen LogP contribution is 2.55. The van der Waals surface area contributed by atoms with Crippen LogP contribution < -0.4 is 20.9 Å². The minimum absolute atomic E-state index is 0.0203. The van der Waals surface area contributed by atoms with E-state index < -0.39 is 22.9 Å². The number of pyridine rings is 1. The Kier molecular flexibility index (Phi) is 5.64. The van der Waals surface area contributed by atoms with Crippen molar-refractivity contribution >= 4 is 29.2 Å². The lowest BCUT2D eigenvalue weighted by atomic mass is 9.68. The predicted octanol–water partition coefficient (Wildman–Crippen LogP) is 3.31. The molecule has 184 valence electrons. The first-order valence-electron chi connectivity index (χ1n) is 11.4. The third-order valence-electron chi connectivity index (χ3n) is 6.78. The molecule has 1 aromatic heterocycles. The van der Waals surface area contributed by atoms with Gasteiger partial charge in [-0.3, -0.25) is 9.59 Å². The molecule has 2 aliphatic heterocycles. The number of carbonyl (C=O) groups is 2. The summed E-state index contributed by atoms with van der Waals surface area (Å²) in [4.78, 5) is 43.3. The van der Waals surface area contributed by atoms with Gasteiger partial charge in [0.2, 0.25) is 11.8 Å². The van der Waals surface area contributed by atoms with E-state index in [0.29, 0.717) is 27.5 Å². The second kappa shape index (κ2) is 8.57. The van der Waals surface area contributed by atoms with Gasteiger partial charge in [0.15, 0.2) is 0 Å². The van der Waals surface area contributed by atoms with Crippen molar-refractivity contribution < 1.29 is 19.1 Å². The number of nitrogens with zero attached hydrogens (tertiary/aromatic N) is 2. The highest BCUT2D eigenvalue weighted by molar-refractivity contribution is 6.31. The maximum absolute atomic E-state index is 14.6. The standard InChI is InChI=1S/C27H24ClN3O5/c1-4-35-25(33)22-23(29)36-20-13-15(2)30(3)24(32)21(20)27(22)17-10-6-8-12-19(17)31(26(27)34)14-16-9-5-7-11-18(16)28/h5-13H,4,14,29H2,1-3H3. The monoisotopic (exact) mass is 505 g/mol. The number of hydrogen-bond donors (Lipinski definition) is 1. The second-order valence-corrected chi connectivity index (χ2v) is 9.11. The molecule has 1 spiro atoms. The quantitative estimate of drug-likeness (QED) is 0.546. The first-order valence-corrected chi connectivity index (χ1v) is 11.8. The van der Waals surface area contributed by atoms with Crippen molar-refractivity contribution in [2.45, 2.75) is 25.8 Å².